The first-order chi connectivity index (χ1) is 11.3. The molecule has 1 heterocycles. The van der Waals surface area contributed by atoms with Crippen molar-refractivity contribution < 1.29 is 18.0 Å². The summed E-state index contributed by atoms with van der Waals surface area (Å²) < 4.78 is 23.4. The molecule has 0 aromatic carbocycles. The van der Waals surface area contributed by atoms with E-state index in [4.69, 9.17) is 0 Å². The first-order valence-electron chi connectivity index (χ1n) is 7.89. The summed E-state index contributed by atoms with van der Waals surface area (Å²) in [4.78, 5) is 25.7. The van der Waals surface area contributed by atoms with Crippen LogP contribution < -0.4 is 10.9 Å². The molecule has 0 spiro atoms. The van der Waals surface area contributed by atoms with Crippen LogP contribution in [0.4, 0.5) is 0 Å². The van der Waals surface area contributed by atoms with Crippen LogP contribution in [0.2, 0.25) is 0 Å². The summed E-state index contributed by atoms with van der Waals surface area (Å²) >= 11 is 1.47. The summed E-state index contributed by atoms with van der Waals surface area (Å²) in [6, 6.07) is 1.90. The number of likely N-dealkylation sites (N-methyl/N-ethyl adjacent to an activating group) is 1. The topological polar surface area (TPSA) is 95.6 Å². The van der Waals surface area contributed by atoms with Crippen LogP contribution >= 0.6 is 11.3 Å². The van der Waals surface area contributed by atoms with Gasteiger partial charge in [0.25, 0.3) is 11.8 Å². The summed E-state index contributed by atoms with van der Waals surface area (Å²) in [6.07, 6.45) is 7.73. The highest BCUT2D eigenvalue weighted by Gasteiger charge is 2.18. The van der Waals surface area contributed by atoms with E-state index < -0.39 is 15.9 Å². The normalized spacial score (nSPS) is 15.3. The van der Waals surface area contributed by atoms with Gasteiger partial charge in [-0.2, -0.15) is 4.31 Å². The van der Waals surface area contributed by atoms with Crippen LogP contribution in [-0.2, 0) is 27.7 Å². The molecule has 0 atom stereocenters. The predicted molar refractivity (Wildman–Crippen MR) is 93.3 cm³/mol. The van der Waals surface area contributed by atoms with Gasteiger partial charge < -0.3 is 0 Å². The summed E-state index contributed by atoms with van der Waals surface area (Å²) in [5.41, 5.74) is 5.83. The zero-order valence-electron chi connectivity index (χ0n) is 13.9. The van der Waals surface area contributed by atoms with Crippen LogP contribution in [0.1, 0.15) is 45.8 Å². The number of hydrogen-bond donors (Lipinski definition) is 2. The second-order valence-corrected chi connectivity index (χ2v) is 9.22. The largest absolute Gasteiger partial charge is 0.279 e. The zero-order chi connectivity index (χ0) is 17.7. The van der Waals surface area contributed by atoms with E-state index in [1.165, 1.54) is 41.7 Å². The summed E-state index contributed by atoms with van der Waals surface area (Å²) in [7, 11) is -2.13. The number of rotatable bonds is 4. The molecule has 2 amide bonds. The number of nitrogens with one attached hydrogen (secondary N) is 2. The van der Waals surface area contributed by atoms with Gasteiger partial charge in [-0.25, -0.2) is 8.42 Å². The van der Waals surface area contributed by atoms with Crippen LogP contribution in [0.25, 0.3) is 0 Å². The summed E-state index contributed by atoms with van der Waals surface area (Å²) in [5, 5.41) is 0. The number of nitrogens with zero attached hydrogens (tertiary/aromatic N) is 1. The van der Waals surface area contributed by atoms with E-state index in [0.29, 0.717) is 4.88 Å². The lowest BCUT2D eigenvalue weighted by atomic mass is 10.00. The van der Waals surface area contributed by atoms with Crippen molar-refractivity contribution in [1.82, 2.24) is 15.2 Å². The number of sulfonamides is 1. The molecule has 134 valence electrons. The fraction of sp³-hybridized carbons (Fsp3) is 0.600. The molecular formula is C15H23N3O4S2. The Morgan fingerprint density at radius 2 is 1.83 bits per heavy atom. The van der Waals surface area contributed by atoms with Gasteiger partial charge in [-0.3, -0.25) is 20.4 Å². The predicted octanol–water partition coefficient (Wildman–Crippen LogP) is 1.06. The van der Waals surface area contributed by atoms with Crippen molar-refractivity contribution in [3.63, 3.8) is 0 Å². The lowest BCUT2D eigenvalue weighted by Gasteiger charge is -2.13. The van der Waals surface area contributed by atoms with E-state index in [2.05, 4.69) is 10.9 Å². The Labute approximate surface area is 146 Å². The Bertz CT molecular complexity index is 687. The summed E-state index contributed by atoms with van der Waals surface area (Å²) in [5.74, 6) is -0.965. The van der Waals surface area contributed by atoms with Gasteiger partial charge in [0.2, 0.25) is 10.0 Å². The van der Waals surface area contributed by atoms with Crippen LogP contribution in [-0.4, -0.2) is 44.4 Å². The Morgan fingerprint density at radius 3 is 2.50 bits per heavy atom. The highest BCUT2D eigenvalue weighted by atomic mass is 32.2. The standard InChI is InChI=1S/C15H23N3O4S2/c1-18(24(2,21)22)10-14(19)16-17-15(20)13-9-11-7-5-3-4-6-8-12(11)23-13/h9H,3-8,10H2,1-2H3,(H,16,19)(H,17,20). The van der Waals surface area contributed by atoms with Gasteiger partial charge in [0.1, 0.15) is 0 Å². The van der Waals surface area contributed by atoms with Crippen molar-refractivity contribution in [2.75, 3.05) is 19.8 Å². The molecule has 2 rings (SSSR count). The number of hydrogen-bond acceptors (Lipinski definition) is 5. The lowest BCUT2D eigenvalue weighted by Crippen LogP contribution is -2.46. The van der Waals surface area contributed by atoms with Gasteiger partial charge in [-0.15, -0.1) is 11.3 Å². The fourth-order valence-corrected chi connectivity index (χ4v) is 4.00. The van der Waals surface area contributed by atoms with Gasteiger partial charge in [-0.1, -0.05) is 12.8 Å². The molecule has 24 heavy (non-hydrogen) atoms. The number of hydrazine groups is 1. The van der Waals surface area contributed by atoms with E-state index in [0.717, 1.165) is 36.2 Å². The number of fused-ring (bicyclic) bond motifs is 1. The molecule has 0 unspecified atom stereocenters. The molecule has 1 aromatic rings. The second-order valence-electron chi connectivity index (χ2n) is 5.99. The molecular weight excluding hydrogens is 350 g/mol. The van der Waals surface area contributed by atoms with Gasteiger partial charge in [0, 0.05) is 11.9 Å². The molecule has 7 nitrogen and oxygen atoms in total. The van der Waals surface area contributed by atoms with Crippen LogP contribution in [0.5, 0.6) is 0 Å². The third-order valence-electron chi connectivity index (χ3n) is 3.97. The molecule has 2 N–H and O–H groups in total. The maximum Gasteiger partial charge on any atom is 0.279 e. The Morgan fingerprint density at radius 1 is 1.17 bits per heavy atom. The van der Waals surface area contributed by atoms with Crippen molar-refractivity contribution in [3.8, 4) is 0 Å². The molecule has 0 aliphatic heterocycles. The van der Waals surface area contributed by atoms with Gasteiger partial charge >= 0.3 is 0 Å². The van der Waals surface area contributed by atoms with Gasteiger partial charge in [0.15, 0.2) is 0 Å². The summed E-state index contributed by atoms with van der Waals surface area (Å²) in [6.45, 7) is -0.347. The minimum atomic E-state index is -3.44. The molecule has 1 aliphatic carbocycles. The Kier molecular flexibility index (Phi) is 6.36. The first kappa shape index (κ1) is 18.9. The molecule has 0 radical (unpaired) electrons. The molecule has 9 heteroatoms. The van der Waals surface area contributed by atoms with Gasteiger partial charge in [0.05, 0.1) is 17.7 Å². The monoisotopic (exact) mass is 373 g/mol. The van der Waals surface area contributed by atoms with Crippen molar-refractivity contribution >= 4 is 33.2 Å². The molecule has 0 saturated carbocycles. The van der Waals surface area contributed by atoms with Crippen molar-refractivity contribution in [3.05, 3.63) is 21.4 Å². The van der Waals surface area contributed by atoms with Crippen molar-refractivity contribution in [2.45, 2.75) is 38.5 Å². The van der Waals surface area contributed by atoms with E-state index in [1.807, 2.05) is 6.07 Å². The minimum Gasteiger partial charge on any atom is -0.272 e. The first-order valence-corrected chi connectivity index (χ1v) is 10.6. The Balaban J connectivity index is 1.91. The smallest absolute Gasteiger partial charge is 0.272 e. The highest BCUT2D eigenvalue weighted by Crippen LogP contribution is 2.28. The van der Waals surface area contributed by atoms with Crippen molar-refractivity contribution in [1.29, 1.82) is 0 Å². The molecule has 0 saturated heterocycles. The van der Waals surface area contributed by atoms with E-state index in [-0.39, 0.29) is 12.5 Å². The van der Waals surface area contributed by atoms with Crippen LogP contribution in [0, 0.1) is 0 Å². The molecule has 0 fully saturated rings. The van der Waals surface area contributed by atoms with E-state index >= 15 is 0 Å². The molecule has 1 aromatic heterocycles. The van der Waals surface area contributed by atoms with Crippen LogP contribution in [0.15, 0.2) is 6.07 Å². The van der Waals surface area contributed by atoms with Crippen LogP contribution in [0.3, 0.4) is 0 Å². The third-order valence-corrected chi connectivity index (χ3v) is 6.47. The maximum absolute atomic E-state index is 12.2. The average Bonchev–Trinajstić information content (AvgIpc) is 2.86. The number of amides is 2. The Hall–Kier alpha value is -1.45. The van der Waals surface area contributed by atoms with E-state index in [9.17, 15) is 18.0 Å². The number of thiophene rings is 1. The van der Waals surface area contributed by atoms with Crippen molar-refractivity contribution in [2.24, 2.45) is 0 Å². The SMILES string of the molecule is CN(CC(=O)NNC(=O)c1cc2c(s1)CCCCCC2)S(C)(=O)=O. The quantitative estimate of drug-likeness (QED) is 0.772. The van der Waals surface area contributed by atoms with E-state index in [1.54, 1.807) is 0 Å². The second kappa shape index (κ2) is 8.09. The zero-order valence-corrected chi connectivity index (χ0v) is 15.6. The minimum absolute atomic E-state index is 0.347. The fourth-order valence-electron chi connectivity index (χ4n) is 2.50. The average molecular weight is 374 g/mol. The number of carbonyl (C=O) groups excluding carboxylic acids is 2. The lowest BCUT2D eigenvalue weighted by molar-refractivity contribution is -0.121. The number of aryl methyl sites for hydroxylation is 2. The van der Waals surface area contributed by atoms with Gasteiger partial charge in [-0.05, 0) is 37.3 Å². The molecule has 0 bridgehead atoms. The highest BCUT2D eigenvalue weighted by molar-refractivity contribution is 7.88. The third kappa shape index (κ3) is 5.29. The number of carbonyl (C=O) groups is 2. The molecule has 1 aliphatic rings. The maximum atomic E-state index is 12.2.